The van der Waals surface area contributed by atoms with Crippen LogP contribution >= 0.6 is 38.5 Å². The molecule has 2 atom stereocenters. The summed E-state index contributed by atoms with van der Waals surface area (Å²) in [4.78, 5) is 4.74. The summed E-state index contributed by atoms with van der Waals surface area (Å²) in [6.07, 6.45) is 1.85. The highest BCUT2D eigenvalue weighted by atomic mass is 127. The number of rotatable bonds is 3. The Kier molecular flexibility index (Phi) is 4.78. The Morgan fingerprint density at radius 2 is 1.94 bits per heavy atom. The molecule has 2 aromatic rings. The zero-order valence-corrected chi connectivity index (χ0v) is 14.1. The Morgan fingerprint density at radius 3 is 2.61 bits per heavy atom. The van der Waals surface area contributed by atoms with Gasteiger partial charge in [0, 0.05) is 26.2 Å². The Balaban J connectivity index is 2.31. The smallest absolute Gasteiger partial charge is 0.0486 e. The van der Waals surface area contributed by atoms with E-state index in [9.17, 15) is 0 Å². The molecule has 0 saturated heterocycles. The maximum absolute atomic E-state index is 4.44. The number of aryl methyl sites for hydroxylation is 1. The van der Waals surface area contributed by atoms with Crippen molar-refractivity contribution in [2.75, 3.05) is 0 Å². The molecule has 0 aliphatic rings. The maximum atomic E-state index is 4.44. The summed E-state index contributed by atoms with van der Waals surface area (Å²) in [5.41, 5.74) is 3.79. The zero-order chi connectivity index (χ0) is 13.1. The second-order valence-electron chi connectivity index (χ2n) is 4.42. The number of hydrogen-bond acceptors (Lipinski definition) is 1. The van der Waals surface area contributed by atoms with Gasteiger partial charge in [0.2, 0.25) is 0 Å². The van der Waals surface area contributed by atoms with Gasteiger partial charge in [-0.05, 0) is 52.8 Å². The van der Waals surface area contributed by atoms with Crippen molar-refractivity contribution in [2.45, 2.75) is 24.6 Å². The van der Waals surface area contributed by atoms with Crippen LogP contribution in [0, 0.1) is 10.5 Å². The first-order valence-electron chi connectivity index (χ1n) is 5.91. The standard InChI is InChI=1S/C15H15BrIN/c1-10-6-5-7-12(15(10)17)14(16)11(2)13-8-3-4-9-18-13/h3-9,11,14H,1-2H3. The van der Waals surface area contributed by atoms with Crippen molar-refractivity contribution in [3.8, 4) is 0 Å². The molecule has 0 aliphatic carbocycles. The predicted molar refractivity (Wildman–Crippen MR) is 88.2 cm³/mol. The zero-order valence-electron chi connectivity index (χ0n) is 10.4. The van der Waals surface area contributed by atoms with Crippen LogP contribution in [0.3, 0.4) is 0 Å². The summed E-state index contributed by atoms with van der Waals surface area (Å²) in [6, 6.07) is 12.5. The molecule has 1 aromatic heterocycles. The summed E-state index contributed by atoms with van der Waals surface area (Å²) in [7, 11) is 0. The molecule has 0 radical (unpaired) electrons. The molecule has 2 rings (SSSR count). The van der Waals surface area contributed by atoms with Crippen LogP contribution in [0.4, 0.5) is 0 Å². The summed E-state index contributed by atoms with van der Waals surface area (Å²) in [5, 5.41) is 0. The summed E-state index contributed by atoms with van der Waals surface area (Å²) >= 11 is 6.25. The fraction of sp³-hybridized carbons (Fsp3) is 0.267. The largest absolute Gasteiger partial charge is 0.261 e. The van der Waals surface area contributed by atoms with Crippen molar-refractivity contribution in [3.05, 3.63) is 63.0 Å². The minimum absolute atomic E-state index is 0.291. The SMILES string of the molecule is Cc1cccc(C(Br)C(C)c2ccccn2)c1I. The predicted octanol–water partition coefficient (Wildman–Crippen LogP) is 5.23. The van der Waals surface area contributed by atoms with Crippen LogP contribution in [0.25, 0.3) is 0 Å². The molecular weight excluding hydrogens is 401 g/mol. The first-order valence-corrected chi connectivity index (χ1v) is 7.90. The van der Waals surface area contributed by atoms with E-state index in [-0.39, 0.29) is 0 Å². The molecular formula is C15H15BrIN. The Bertz CT molecular complexity index is 527. The second kappa shape index (κ2) is 6.15. The van der Waals surface area contributed by atoms with Crippen molar-refractivity contribution in [1.29, 1.82) is 0 Å². The van der Waals surface area contributed by atoms with Crippen molar-refractivity contribution in [3.63, 3.8) is 0 Å². The van der Waals surface area contributed by atoms with E-state index in [4.69, 9.17) is 0 Å². The quantitative estimate of drug-likeness (QED) is 0.493. The van der Waals surface area contributed by atoms with Gasteiger partial charge in [-0.3, -0.25) is 4.98 Å². The first kappa shape index (κ1) is 14.0. The summed E-state index contributed by atoms with van der Waals surface area (Å²) < 4.78 is 1.33. The molecule has 18 heavy (non-hydrogen) atoms. The number of aromatic nitrogens is 1. The summed E-state index contributed by atoms with van der Waals surface area (Å²) in [6.45, 7) is 4.36. The fourth-order valence-corrected chi connectivity index (χ4v) is 3.72. The van der Waals surface area contributed by atoms with Gasteiger partial charge in [-0.15, -0.1) is 0 Å². The number of benzene rings is 1. The molecule has 2 unspecified atom stereocenters. The van der Waals surface area contributed by atoms with Gasteiger partial charge in [0.25, 0.3) is 0 Å². The van der Waals surface area contributed by atoms with Crippen LogP contribution in [0.1, 0.15) is 34.5 Å². The van der Waals surface area contributed by atoms with Gasteiger partial charge in [0.1, 0.15) is 0 Å². The lowest BCUT2D eigenvalue weighted by molar-refractivity contribution is 0.721. The number of halogens is 2. The van der Waals surface area contributed by atoms with Gasteiger partial charge in [-0.1, -0.05) is 47.1 Å². The minimum atomic E-state index is 0.291. The molecule has 1 nitrogen and oxygen atoms in total. The molecule has 0 aliphatic heterocycles. The molecule has 0 bridgehead atoms. The van der Waals surface area contributed by atoms with Crippen LogP contribution in [-0.2, 0) is 0 Å². The normalized spacial score (nSPS) is 14.2. The molecule has 1 aromatic carbocycles. The van der Waals surface area contributed by atoms with Gasteiger partial charge in [0.15, 0.2) is 0 Å². The van der Waals surface area contributed by atoms with Crippen LogP contribution < -0.4 is 0 Å². The van der Waals surface area contributed by atoms with Gasteiger partial charge < -0.3 is 0 Å². The second-order valence-corrected chi connectivity index (χ2v) is 6.49. The lowest BCUT2D eigenvalue weighted by atomic mass is 9.96. The highest BCUT2D eigenvalue weighted by molar-refractivity contribution is 14.1. The molecule has 1 heterocycles. The lowest BCUT2D eigenvalue weighted by Gasteiger charge is -2.20. The number of hydrogen-bond donors (Lipinski definition) is 0. The van der Waals surface area contributed by atoms with Gasteiger partial charge in [-0.2, -0.15) is 0 Å². The lowest BCUT2D eigenvalue weighted by Crippen LogP contribution is -2.06. The number of nitrogens with zero attached hydrogens (tertiary/aromatic N) is 1. The maximum Gasteiger partial charge on any atom is 0.0486 e. The highest BCUT2D eigenvalue weighted by Gasteiger charge is 2.21. The molecule has 0 N–H and O–H groups in total. The van der Waals surface area contributed by atoms with Crippen molar-refractivity contribution in [2.24, 2.45) is 0 Å². The van der Waals surface area contributed by atoms with E-state index in [0.717, 1.165) is 5.69 Å². The van der Waals surface area contributed by atoms with E-state index < -0.39 is 0 Å². The Hall–Kier alpha value is -0.420. The Labute approximate surface area is 130 Å². The van der Waals surface area contributed by atoms with Crippen LogP contribution in [0.2, 0.25) is 0 Å². The number of alkyl halides is 1. The van der Waals surface area contributed by atoms with E-state index in [2.05, 4.69) is 81.6 Å². The third-order valence-corrected chi connectivity index (χ3v) is 5.87. The minimum Gasteiger partial charge on any atom is -0.261 e. The van der Waals surface area contributed by atoms with E-state index in [0.29, 0.717) is 10.7 Å². The van der Waals surface area contributed by atoms with Crippen molar-refractivity contribution in [1.82, 2.24) is 4.98 Å². The third kappa shape index (κ3) is 2.94. The molecule has 3 heteroatoms. The van der Waals surface area contributed by atoms with E-state index >= 15 is 0 Å². The molecule has 94 valence electrons. The molecule has 0 amide bonds. The van der Waals surface area contributed by atoms with Gasteiger partial charge in [0.05, 0.1) is 0 Å². The van der Waals surface area contributed by atoms with Crippen molar-refractivity contribution < 1.29 is 0 Å². The number of pyridine rings is 1. The van der Waals surface area contributed by atoms with Gasteiger partial charge >= 0.3 is 0 Å². The third-order valence-electron chi connectivity index (χ3n) is 3.11. The molecule has 0 saturated carbocycles. The van der Waals surface area contributed by atoms with E-state index in [1.807, 2.05) is 18.3 Å². The topological polar surface area (TPSA) is 12.9 Å². The van der Waals surface area contributed by atoms with Crippen molar-refractivity contribution >= 4 is 38.5 Å². The van der Waals surface area contributed by atoms with Crippen LogP contribution in [0.5, 0.6) is 0 Å². The summed E-state index contributed by atoms with van der Waals surface area (Å²) in [5.74, 6) is 0.349. The molecule has 0 spiro atoms. The van der Waals surface area contributed by atoms with E-state index in [1.54, 1.807) is 0 Å². The average Bonchev–Trinajstić information content (AvgIpc) is 2.41. The van der Waals surface area contributed by atoms with Crippen LogP contribution in [-0.4, -0.2) is 4.98 Å². The first-order chi connectivity index (χ1) is 8.61. The van der Waals surface area contributed by atoms with Gasteiger partial charge in [-0.25, -0.2) is 0 Å². The Morgan fingerprint density at radius 1 is 1.17 bits per heavy atom. The average molecular weight is 416 g/mol. The molecule has 0 fully saturated rings. The van der Waals surface area contributed by atoms with Crippen LogP contribution in [0.15, 0.2) is 42.6 Å². The monoisotopic (exact) mass is 415 g/mol. The van der Waals surface area contributed by atoms with E-state index in [1.165, 1.54) is 14.7 Å². The highest BCUT2D eigenvalue weighted by Crippen LogP contribution is 2.39. The fourth-order valence-electron chi connectivity index (χ4n) is 1.95.